The number of nitrogens with one attached hydrogen (secondary N) is 1. The molecular formula is C14H19N3O3S. The lowest BCUT2D eigenvalue weighted by Gasteiger charge is -2.23. The SMILES string of the molecule is CCC(C)ON(C(=O)c1ccc(NC(C)=O)cc1)C(N)=S. The Morgan fingerprint density at radius 2 is 1.95 bits per heavy atom. The van der Waals surface area contributed by atoms with E-state index in [1.165, 1.54) is 6.92 Å². The highest BCUT2D eigenvalue weighted by molar-refractivity contribution is 7.80. The summed E-state index contributed by atoms with van der Waals surface area (Å²) in [5, 5.41) is 3.39. The number of rotatable bonds is 5. The molecule has 0 aliphatic rings. The summed E-state index contributed by atoms with van der Waals surface area (Å²) in [5.41, 5.74) is 6.49. The number of hydrogen-bond acceptors (Lipinski definition) is 4. The van der Waals surface area contributed by atoms with Crippen LogP contribution < -0.4 is 11.1 Å². The molecule has 0 fully saturated rings. The molecule has 0 aromatic heterocycles. The molecule has 1 atom stereocenters. The Hall–Kier alpha value is -1.99. The molecule has 6 nitrogen and oxygen atoms in total. The second-order valence-electron chi connectivity index (χ2n) is 4.52. The third-order valence-corrected chi connectivity index (χ3v) is 2.86. The second-order valence-corrected chi connectivity index (χ2v) is 4.94. The summed E-state index contributed by atoms with van der Waals surface area (Å²) in [6.07, 6.45) is 0.530. The number of anilines is 1. The van der Waals surface area contributed by atoms with Crippen molar-refractivity contribution in [2.75, 3.05) is 5.32 Å². The average Bonchev–Trinajstić information content (AvgIpc) is 2.43. The molecule has 1 unspecified atom stereocenters. The van der Waals surface area contributed by atoms with Crippen LogP contribution in [0.5, 0.6) is 0 Å². The van der Waals surface area contributed by atoms with Crippen LogP contribution in [0.3, 0.4) is 0 Å². The van der Waals surface area contributed by atoms with E-state index in [9.17, 15) is 9.59 Å². The number of amides is 2. The highest BCUT2D eigenvalue weighted by Crippen LogP contribution is 2.13. The van der Waals surface area contributed by atoms with Crippen LogP contribution in [0.25, 0.3) is 0 Å². The Labute approximate surface area is 129 Å². The molecule has 0 saturated carbocycles. The molecule has 0 heterocycles. The van der Waals surface area contributed by atoms with Crippen LogP contribution in [0.1, 0.15) is 37.6 Å². The zero-order chi connectivity index (χ0) is 16.0. The van der Waals surface area contributed by atoms with Gasteiger partial charge in [0.15, 0.2) is 5.11 Å². The number of benzene rings is 1. The van der Waals surface area contributed by atoms with Gasteiger partial charge in [-0.2, -0.15) is 5.06 Å². The van der Waals surface area contributed by atoms with Crippen molar-refractivity contribution in [1.82, 2.24) is 5.06 Å². The van der Waals surface area contributed by atoms with Crippen LogP contribution in [-0.2, 0) is 9.63 Å². The van der Waals surface area contributed by atoms with Gasteiger partial charge in [0.05, 0.1) is 6.10 Å². The lowest BCUT2D eigenvalue weighted by atomic mass is 10.2. The third-order valence-electron chi connectivity index (χ3n) is 2.70. The molecule has 7 heteroatoms. The number of hydrogen-bond donors (Lipinski definition) is 2. The first kappa shape index (κ1) is 17.1. The predicted molar refractivity (Wildman–Crippen MR) is 84.5 cm³/mol. The summed E-state index contributed by atoms with van der Waals surface area (Å²) in [5.74, 6) is -0.629. The minimum absolute atomic E-state index is 0.147. The number of nitrogens with two attached hydrogens (primary N) is 1. The van der Waals surface area contributed by atoms with Crippen LogP contribution in [0.15, 0.2) is 24.3 Å². The molecule has 0 spiro atoms. The number of hydroxylamine groups is 2. The van der Waals surface area contributed by atoms with Crippen LogP contribution in [0.2, 0.25) is 0 Å². The van der Waals surface area contributed by atoms with Gasteiger partial charge in [-0.05, 0) is 49.8 Å². The fraction of sp³-hybridized carbons (Fsp3) is 0.357. The molecule has 1 aromatic carbocycles. The van der Waals surface area contributed by atoms with Gasteiger partial charge in [0.2, 0.25) is 5.91 Å². The van der Waals surface area contributed by atoms with Gasteiger partial charge >= 0.3 is 0 Å². The Bertz CT molecular complexity index is 531. The van der Waals surface area contributed by atoms with E-state index in [0.717, 1.165) is 5.06 Å². The molecule has 21 heavy (non-hydrogen) atoms. The minimum atomic E-state index is -0.447. The number of thiocarbonyl (C=S) groups is 1. The fourth-order valence-electron chi connectivity index (χ4n) is 1.47. The van der Waals surface area contributed by atoms with Crippen LogP contribution >= 0.6 is 12.2 Å². The average molecular weight is 309 g/mol. The first-order valence-corrected chi connectivity index (χ1v) is 6.94. The highest BCUT2D eigenvalue weighted by atomic mass is 32.1. The van der Waals surface area contributed by atoms with Crippen molar-refractivity contribution >= 4 is 34.8 Å². The summed E-state index contributed by atoms with van der Waals surface area (Å²) in [6.45, 7) is 5.15. The van der Waals surface area contributed by atoms with Gasteiger partial charge in [0.25, 0.3) is 5.91 Å². The maximum atomic E-state index is 12.3. The van der Waals surface area contributed by atoms with Crippen molar-refractivity contribution in [3.05, 3.63) is 29.8 Å². The monoisotopic (exact) mass is 309 g/mol. The molecule has 0 radical (unpaired) electrons. The first-order valence-electron chi connectivity index (χ1n) is 6.53. The Morgan fingerprint density at radius 3 is 2.38 bits per heavy atom. The first-order chi connectivity index (χ1) is 9.85. The lowest BCUT2D eigenvalue weighted by Crippen LogP contribution is -2.42. The molecule has 0 bridgehead atoms. The van der Waals surface area contributed by atoms with Crippen molar-refractivity contribution in [2.24, 2.45) is 5.73 Å². The van der Waals surface area contributed by atoms with Crippen molar-refractivity contribution in [1.29, 1.82) is 0 Å². The normalized spacial score (nSPS) is 11.6. The van der Waals surface area contributed by atoms with E-state index in [-0.39, 0.29) is 17.1 Å². The summed E-state index contributed by atoms with van der Waals surface area (Å²) in [6, 6.07) is 6.38. The Kier molecular flexibility index (Phi) is 6.26. The van der Waals surface area contributed by atoms with Crippen molar-refractivity contribution in [3.63, 3.8) is 0 Å². The van der Waals surface area contributed by atoms with E-state index in [4.69, 9.17) is 22.8 Å². The largest absolute Gasteiger partial charge is 0.374 e. The summed E-state index contributed by atoms with van der Waals surface area (Å²) < 4.78 is 0. The smallest absolute Gasteiger partial charge is 0.284 e. The maximum Gasteiger partial charge on any atom is 0.284 e. The van der Waals surface area contributed by atoms with Crippen molar-refractivity contribution in [2.45, 2.75) is 33.3 Å². The standard InChI is InChI=1S/C14H19N3O3S/c1-4-9(2)20-17(14(15)21)13(19)11-5-7-12(8-6-11)16-10(3)18/h5-9H,4H2,1-3H3,(H2,15,21)(H,16,18). The van der Waals surface area contributed by atoms with Gasteiger partial charge in [0, 0.05) is 18.2 Å². The van der Waals surface area contributed by atoms with E-state index >= 15 is 0 Å². The molecule has 0 aliphatic carbocycles. The lowest BCUT2D eigenvalue weighted by molar-refractivity contribution is -0.114. The molecule has 1 rings (SSSR count). The number of carbonyl (C=O) groups is 2. The van der Waals surface area contributed by atoms with Gasteiger partial charge < -0.3 is 11.1 Å². The van der Waals surface area contributed by atoms with E-state index < -0.39 is 5.91 Å². The summed E-state index contributed by atoms with van der Waals surface area (Å²) in [7, 11) is 0. The quantitative estimate of drug-likeness (QED) is 0.642. The van der Waals surface area contributed by atoms with E-state index in [1.807, 2.05) is 13.8 Å². The van der Waals surface area contributed by atoms with Crippen LogP contribution in [0.4, 0.5) is 5.69 Å². The van der Waals surface area contributed by atoms with Gasteiger partial charge in [-0.3, -0.25) is 14.4 Å². The highest BCUT2D eigenvalue weighted by Gasteiger charge is 2.21. The van der Waals surface area contributed by atoms with Gasteiger partial charge in [-0.1, -0.05) is 6.92 Å². The number of nitrogens with zero attached hydrogens (tertiary/aromatic N) is 1. The van der Waals surface area contributed by atoms with Crippen LogP contribution in [-0.4, -0.2) is 28.1 Å². The van der Waals surface area contributed by atoms with Crippen molar-refractivity contribution in [3.8, 4) is 0 Å². The minimum Gasteiger partial charge on any atom is -0.374 e. The van der Waals surface area contributed by atoms with E-state index in [0.29, 0.717) is 17.7 Å². The van der Waals surface area contributed by atoms with Gasteiger partial charge in [0.1, 0.15) is 0 Å². The topological polar surface area (TPSA) is 84.7 Å². The van der Waals surface area contributed by atoms with Crippen LogP contribution in [0, 0.1) is 0 Å². The zero-order valence-electron chi connectivity index (χ0n) is 12.3. The molecule has 0 saturated heterocycles. The fourth-order valence-corrected chi connectivity index (χ4v) is 1.60. The molecule has 2 amide bonds. The number of carbonyl (C=O) groups excluding carboxylic acids is 2. The zero-order valence-corrected chi connectivity index (χ0v) is 13.1. The molecule has 3 N–H and O–H groups in total. The van der Waals surface area contributed by atoms with E-state index in [1.54, 1.807) is 24.3 Å². The summed E-state index contributed by atoms with van der Waals surface area (Å²) >= 11 is 4.84. The molecule has 1 aromatic rings. The van der Waals surface area contributed by atoms with Crippen molar-refractivity contribution < 1.29 is 14.4 Å². The maximum absolute atomic E-state index is 12.3. The third kappa shape index (κ3) is 5.13. The molecular weight excluding hydrogens is 290 g/mol. The Balaban J connectivity index is 2.88. The Morgan fingerprint density at radius 1 is 1.38 bits per heavy atom. The second kappa shape index (κ2) is 7.70. The van der Waals surface area contributed by atoms with Gasteiger partial charge in [-0.15, -0.1) is 0 Å². The molecule has 114 valence electrons. The van der Waals surface area contributed by atoms with E-state index in [2.05, 4.69) is 5.32 Å². The molecule has 0 aliphatic heterocycles. The summed E-state index contributed by atoms with van der Waals surface area (Å²) in [4.78, 5) is 28.7. The van der Waals surface area contributed by atoms with Gasteiger partial charge in [-0.25, -0.2) is 0 Å². The predicted octanol–water partition coefficient (Wildman–Crippen LogP) is 2.06.